The van der Waals surface area contributed by atoms with Crippen LogP contribution in [0.1, 0.15) is 156 Å². The van der Waals surface area contributed by atoms with E-state index in [1.165, 1.54) is 75.7 Å². The van der Waals surface area contributed by atoms with Crippen molar-refractivity contribution in [3.05, 3.63) is 12.2 Å². The van der Waals surface area contributed by atoms with Gasteiger partial charge in [-0.3, -0.25) is 57.6 Å². The van der Waals surface area contributed by atoms with Gasteiger partial charge in [-0.05, 0) is 108 Å². The van der Waals surface area contributed by atoms with E-state index in [1.54, 1.807) is 66.5 Å². The highest BCUT2D eigenvalue weighted by Crippen LogP contribution is 2.25. The van der Waals surface area contributed by atoms with Gasteiger partial charge >= 0.3 is 0 Å². The van der Waals surface area contributed by atoms with E-state index in [1.807, 2.05) is 61.5 Å². The number of nitrogens with zero attached hydrogens (tertiary/aromatic N) is 7. The predicted molar refractivity (Wildman–Crippen MR) is 333 cm³/mol. The maximum absolute atomic E-state index is 15.1. The summed E-state index contributed by atoms with van der Waals surface area (Å²) >= 11 is 0. The van der Waals surface area contributed by atoms with E-state index in [2.05, 4.69) is 21.3 Å². The molecule has 1 heterocycles. The smallest absolute Gasteiger partial charge is 0.246 e. The van der Waals surface area contributed by atoms with Gasteiger partial charge < -0.3 is 55.8 Å². The summed E-state index contributed by atoms with van der Waals surface area (Å²) in [4.78, 5) is 169. The lowest BCUT2D eigenvalue weighted by molar-refractivity contribution is -0.157. The Morgan fingerprint density at radius 3 is 1.36 bits per heavy atom. The molecule has 0 unspecified atom stereocenters. The van der Waals surface area contributed by atoms with Crippen molar-refractivity contribution in [3.63, 3.8) is 0 Å². The lowest BCUT2D eigenvalue weighted by Gasteiger charge is -2.41. The molecule has 12 atom stereocenters. The number of aliphatic hydroxyl groups is 1. The van der Waals surface area contributed by atoms with Crippen molar-refractivity contribution in [2.45, 2.75) is 223 Å². The topological polar surface area (TPSA) is 279 Å². The van der Waals surface area contributed by atoms with Crippen LogP contribution in [0.3, 0.4) is 0 Å². The first-order valence-corrected chi connectivity index (χ1v) is 31.0. The summed E-state index contributed by atoms with van der Waals surface area (Å²) < 4.78 is 0. The molecule has 5 N–H and O–H groups in total. The van der Waals surface area contributed by atoms with Crippen LogP contribution in [0.25, 0.3) is 0 Å². The zero-order valence-corrected chi connectivity index (χ0v) is 56.8. The second kappa shape index (κ2) is 35.7. The average Bonchev–Trinajstić information content (AvgIpc) is 1.42. The van der Waals surface area contributed by atoms with Crippen LogP contribution < -0.4 is 21.3 Å². The minimum absolute atomic E-state index is 0.0497. The fourth-order valence-corrected chi connectivity index (χ4v) is 10.9. The number of allylic oxidation sites excluding steroid dienone is 2. The molecule has 0 aromatic heterocycles. The Labute approximate surface area is 515 Å². The number of ketones is 1. The third-order valence-electron chi connectivity index (χ3n) is 16.2. The van der Waals surface area contributed by atoms with Crippen LogP contribution in [0.5, 0.6) is 0 Å². The molecule has 0 aliphatic carbocycles. The highest BCUT2D eigenvalue weighted by atomic mass is 16.3. The van der Waals surface area contributed by atoms with Crippen LogP contribution in [0, 0.1) is 41.4 Å². The molecule has 1 fully saturated rings. The van der Waals surface area contributed by atoms with Crippen molar-refractivity contribution in [2.24, 2.45) is 41.4 Å². The van der Waals surface area contributed by atoms with Gasteiger partial charge in [0.1, 0.15) is 54.4 Å². The summed E-state index contributed by atoms with van der Waals surface area (Å²) in [6.45, 7) is 29.4. The Morgan fingerprint density at radius 1 is 0.465 bits per heavy atom. The van der Waals surface area contributed by atoms with Crippen molar-refractivity contribution < 1.29 is 57.8 Å². The third kappa shape index (κ3) is 22.3. The van der Waals surface area contributed by atoms with Crippen molar-refractivity contribution in [1.82, 2.24) is 55.6 Å². The largest absolute Gasteiger partial charge is 0.390 e. The molecule has 1 aliphatic rings. The zero-order valence-electron chi connectivity index (χ0n) is 56.8. The van der Waals surface area contributed by atoms with Gasteiger partial charge in [0.05, 0.1) is 25.2 Å². The van der Waals surface area contributed by atoms with E-state index < -0.39 is 156 Å². The molecular weight excluding hydrogens is 1100 g/mol. The lowest BCUT2D eigenvalue weighted by atomic mass is 9.91. The van der Waals surface area contributed by atoms with Crippen molar-refractivity contribution >= 4 is 64.9 Å². The normalized spacial score (nSPS) is 27.1. The van der Waals surface area contributed by atoms with E-state index >= 15 is 9.59 Å². The number of nitrogens with one attached hydrogen (secondary N) is 4. The van der Waals surface area contributed by atoms with Gasteiger partial charge in [-0.2, -0.15) is 0 Å². The van der Waals surface area contributed by atoms with Crippen LogP contribution in [0.2, 0.25) is 0 Å². The minimum Gasteiger partial charge on any atom is -0.390 e. The molecule has 23 heteroatoms. The number of amides is 10. The fraction of sp³-hybridized carbons (Fsp3) is 0.794. The van der Waals surface area contributed by atoms with Crippen molar-refractivity contribution in [1.29, 1.82) is 0 Å². The molecule has 0 aromatic carbocycles. The summed E-state index contributed by atoms with van der Waals surface area (Å²) in [7, 11) is 10.2. The molecule has 492 valence electrons. The lowest BCUT2D eigenvalue weighted by Crippen LogP contribution is -2.63. The Balaban J connectivity index is 4.27. The summed E-state index contributed by atoms with van der Waals surface area (Å²) in [6.07, 6.45) is 3.24. The van der Waals surface area contributed by atoms with Gasteiger partial charge in [0.15, 0.2) is 5.78 Å². The summed E-state index contributed by atoms with van der Waals surface area (Å²) in [5.74, 6) is -9.11. The molecule has 0 spiro atoms. The molecule has 0 saturated carbocycles. The summed E-state index contributed by atoms with van der Waals surface area (Å²) in [5.41, 5.74) is 0. The number of carbonyl (C=O) groups excluding carboxylic acids is 11. The molecule has 86 heavy (non-hydrogen) atoms. The fourth-order valence-electron chi connectivity index (χ4n) is 10.9. The number of hydrogen-bond donors (Lipinski definition) is 5. The number of rotatable bonds is 15. The Hall–Kier alpha value is -5.97. The van der Waals surface area contributed by atoms with Crippen molar-refractivity contribution in [3.8, 4) is 0 Å². The molecule has 0 bridgehead atoms. The van der Waals surface area contributed by atoms with Gasteiger partial charge in [0.25, 0.3) is 0 Å². The maximum Gasteiger partial charge on any atom is 0.246 e. The minimum atomic E-state index is -1.59. The van der Waals surface area contributed by atoms with Gasteiger partial charge in [-0.25, -0.2) is 0 Å². The number of hydrogen-bond acceptors (Lipinski definition) is 13. The molecule has 1 rings (SSSR count). The maximum atomic E-state index is 15.1. The van der Waals surface area contributed by atoms with Crippen LogP contribution in [-0.4, -0.2) is 233 Å². The van der Waals surface area contributed by atoms with Gasteiger partial charge in [0.2, 0.25) is 59.1 Å². The van der Waals surface area contributed by atoms with Gasteiger partial charge in [-0.15, -0.1) is 0 Å². The third-order valence-corrected chi connectivity index (χ3v) is 16.2. The second-order valence-corrected chi connectivity index (χ2v) is 26.5. The first-order chi connectivity index (χ1) is 39.7. The Kier molecular flexibility index (Phi) is 32.4. The molecule has 1 aliphatic heterocycles. The van der Waals surface area contributed by atoms with Gasteiger partial charge in [-0.1, -0.05) is 109 Å². The second-order valence-electron chi connectivity index (χ2n) is 26.5. The predicted octanol–water partition coefficient (Wildman–Crippen LogP) is 3.31. The van der Waals surface area contributed by atoms with Crippen LogP contribution >= 0.6 is 0 Å². The number of likely N-dealkylation sites (N-methyl/N-ethyl adjacent to an activating group) is 7. The highest BCUT2D eigenvalue weighted by molar-refractivity contribution is 5.99. The molecule has 10 amide bonds. The number of Topliss-reactive ketones (excluding diaryl/α,β-unsaturated/α-hetero) is 1. The Morgan fingerprint density at radius 2 is 0.895 bits per heavy atom. The summed E-state index contributed by atoms with van der Waals surface area (Å²) in [6, 6.07) is -12.0. The monoisotopic (exact) mass is 1220 g/mol. The molecule has 0 aromatic rings. The van der Waals surface area contributed by atoms with Crippen LogP contribution in [-0.2, 0) is 52.7 Å². The van der Waals surface area contributed by atoms with E-state index in [0.29, 0.717) is 6.42 Å². The number of aliphatic hydroxyl groups excluding tert-OH is 1. The highest BCUT2D eigenvalue weighted by Gasteiger charge is 2.45. The summed E-state index contributed by atoms with van der Waals surface area (Å²) in [5, 5.41) is 23.1. The molecular formula is C63H113N11O12. The molecule has 23 nitrogen and oxygen atoms in total. The molecule has 1 saturated heterocycles. The van der Waals surface area contributed by atoms with E-state index in [-0.39, 0.29) is 62.3 Å². The van der Waals surface area contributed by atoms with Gasteiger partial charge in [0, 0.05) is 42.3 Å². The first kappa shape index (κ1) is 78.0. The SMILES string of the molecule is C/C=C/C[C@@H](C)[C@@H](O)[C@H]1C(=O)N[C@@H](CC)C(=O)N(C)CC(=O)CN(C)[C@@H](CC(C)C)C(=O)N[C@@H](C(C)C)C(=O)N(C)[C@H](CC(C)C)C(=O)N[C@@H](C)C(=O)N[C@H](C)C(=O)N(C)[C@@H](CC(C)C)C(=O)N(C)[C@@H](CC(C)C)C(=O)N(C)[C@@H](C(C)C)C(=O)N1C. The van der Waals surface area contributed by atoms with Crippen LogP contribution in [0.4, 0.5) is 0 Å². The standard InChI is InChI=1S/C63H113N11O12/c1-25-27-28-41(15)53(76)52-57(80)66-45(26-2)59(82)69(19)34-44(75)33-68(18)46(29-35(3)4)55(78)67-50(39(11)12)62(85)70(20)47(30-36(5)6)56(79)64-42(16)54(77)65-43(17)58(81)71(21)48(31-37(7)8)60(83)72(22)49(32-38(9)10)61(84)73(23)51(40(13)14)63(86)74(52)24/h25,27,35-43,45-53,76H,26,28-34H2,1-24H3,(H,64,79)(H,65,77)(H,66,80)(H,67,78)/b27-25+/t41-,42+,43-,45+,46+,47-,48+,49+,50+,51+,52+,53-/m1/s1. The number of carbonyl (C=O) groups is 11. The van der Waals surface area contributed by atoms with Crippen molar-refractivity contribution in [2.75, 3.05) is 62.4 Å². The molecule has 0 radical (unpaired) electrons. The average molecular weight is 1220 g/mol. The van der Waals surface area contributed by atoms with E-state index in [4.69, 9.17) is 0 Å². The van der Waals surface area contributed by atoms with E-state index in [0.717, 1.165) is 9.80 Å². The Bertz CT molecular complexity index is 2340. The van der Waals surface area contributed by atoms with E-state index in [9.17, 15) is 48.3 Å². The quantitative estimate of drug-likeness (QED) is 0.148. The zero-order chi connectivity index (χ0) is 66.7. The first-order valence-electron chi connectivity index (χ1n) is 31.0. The van der Waals surface area contributed by atoms with Crippen LogP contribution in [0.15, 0.2) is 12.2 Å².